The number of aromatic nitrogens is 1. The van der Waals surface area contributed by atoms with Gasteiger partial charge in [-0.1, -0.05) is 6.07 Å². The van der Waals surface area contributed by atoms with E-state index < -0.39 is 17.3 Å². The lowest BCUT2D eigenvalue weighted by Crippen LogP contribution is -2.44. The summed E-state index contributed by atoms with van der Waals surface area (Å²) in [6.07, 6.45) is 2.69. The Hall–Kier alpha value is -4.34. The van der Waals surface area contributed by atoms with Gasteiger partial charge in [-0.2, -0.15) is 0 Å². The van der Waals surface area contributed by atoms with E-state index in [0.717, 1.165) is 0 Å². The molecule has 1 aromatic heterocycles. The molecule has 0 saturated carbocycles. The van der Waals surface area contributed by atoms with Crippen LogP contribution < -0.4 is 20.5 Å². The Balaban J connectivity index is 1.36. The van der Waals surface area contributed by atoms with Gasteiger partial charge in [0.1, 0.15) is 34.2 Å². The van der Waals surface area contributed by atoms with E-state index in [1.165, 1.54) is 12.1 Å². The summed E-state index contributed by atoms with van der Waals surface area (Å²) in [5, 5.41) is 3.36. The summed E-state index contributed by atoms with van der Waals surface area (Å²) in [4.78, 5) is 30.4. The van der Waals surface area contributed by atoms with Crippen molar-refractivity contribution in [3.05, 3.63) is 72.2 Å². The molecule has 4 rings (SSSR count). The maximum Gasteiger partial charge on any atom is 0.410 e. The van der Waals surface area contributed by atoms with Gasteiger partial charge in [-0.3, -0.25) is 4.79 Å². The van der Waals surface area contributed by atoms with Crippen LogP contribution in [-0.4, -0.2) is 46.6 Å². The third-order valence-electron chi connectivity index (χ3n) is 5.70. The molecule has 2 aromatic carbocycles. The summed E-state index contributed by atoms with van der Waals surface area (Å²) < 4.78 is 30.2. The van der Waals surface area contributed by atoms with E-state index in [1.807, 2.05) is 20.8 Å². The number of carbonyl (C=O) groups excluding carboxylic acids is 2. The molecule has 3 N–H and O–H groups in total. The van der Waals surface area contributed by atoms with Gasteiger partial charge in [0.05, 0.1) is 11.9 Å². The van der Waals surface area contributed by atoms with Crippen LogP contribution in [0.2, 0.25) is 0 Å². The number of nitrogens with two attached hydrogens (primary N) is 1. The smallest absolute Gasteiger partial charge is 0.410 e. The molecule has 0 aliphatic carbocycles. The Morgan fingerprint density at radius 2 is 1.66 bits per heavy atom. The van der Waals surface area contributed by atoms with E-state index >= 15 is 0 Å². The summed E-state index contributed by atoms with van der Waals surface area (Å²) in [6.45, 7) is 6.64. The van der Waals surface area contributed by atoms with Gasteiger partial charge in [-0.05, 0) is 76.1 Å². The zero-order chi connectivity index (χ0) is 27.3. The van der Waals surface area contributed by atoms with Crippen molar-refractivity contribution in [3.8, 4) is 23.1 Å². The first kappa shape index (κ1) is 26.7. The van der Waals surface area contributed by atoms with Crippen LogP contribution in [-0.2, 0) is 4.74 Å². The quantitative estimate of drug-likeness (QED) is 0.408. The molecule has 200 valence electrons. The second-order valence-corrected chi connectivity index (χ2v) is 9.96. The van der Waals surface area contributed by atoms with E-state index in [4.69, 9.17) is 19.9 Å². The van der Waals surface area contributed by atoms with Crippen molar-refractivity contribution in [1.82, 2.24) is 9.88 Å². The first-order valence-corrected chi connectivity index (χ1v) is 12.3. The molecule has 0 bridgehead atoms. The lowest BCUT2D eigenvalue weighted by Gasteiger charge is -2.34. The predicted molar refractivity (Wildman–Crippen MR) is 140 cm³/mol. The van der Waals surface area contributed by atoms with Crippen LogP contribution in [0.5, 0.6) is 23.1 Å². The molecule has 1 fully saturated rings. The maximum absolute atomic E-state index is 13.4. The number of primary amides is 1. The van der Waals surface area contributed by atoms with Crippen molar-refractivity contribution in [2.24, 2.45) is 5.73 Å². The number of likely N-dealkylation sites (tertiary alicyclic amines) is 1. The number of piperidine rings is 1. The third-order valence-corrected chi connectivity index (χ3v) is 5.70. The third kappa shape index (κ3) is 7.34. The zero-order valence-electron chi connectivity index (χ0n) is 21.6. The molecule has 0 spiro atoms. The van der Waals surface area contributed by atoms with Crippen LogP contribution in [0.1, 0.15) is 44.0 Å². The second kappa shape index (κ2) is 11.4. The van der Waals surface area contributed by atoms with Gasteiger partial charge >= 0.3 is 6.09 Å². The molecule has 10 heteroatoms. The number of ether oxygens (including phenoxy) is 3. The van der Waals surface area contributed by atoms with Crippen LogP contribution in [0.3, 0.4) is 0 Å². The lowest BCUT2D eigenvalue weighted by atomic mass is 10.0. The average Bonchev–Trinajstić information content (AvgIpc) is 2.85. The van der Waals surface area contributed by atoms with Crippen molar-refractivity contribution < 1.29 is 28.2 Å². The van der Waals surface area contributed by atoms with E-state index in [9.17, 15) is 14.0 Å². The number of hydrogen-bond acceptors (Lipinski definition) is 7. The van der Waals surface area contributed by atoms with Crippen LogP contribution in [0, 0.1) is 5.82 Å². The molecule has 0 atom stereocenters. The van der Waals surface area contributed by atoms with Crippen molar-refractivity contribution in [2.75, 3.05) is 18.4 Å². The minimum atomic E-state index is -0.679. The Morgan fingerprint density at radius 3 is 2.26 bits per heavy atom. The van der Waals surface area contributed by atoms with Gasteiger partial charge in [0, 0.05) is 25.2 Å². The number of anilines is 1. The topological polar surface area (TPSA) is 116 Å². The molecule has 1 aliphatic heterocycles. The van der Waals surface area contributed by atoms with Crippen LogP contribution in [0.25, 0.3) is 0 Å². The highest BCUT2D eigenvalue weighted by molar-refractivity contribution is 5.96. The SMILES string of the molecule is CC(C)(C)OC(=O)N1CCC(Nc2cnc(Oc3ccc(Oc4cccc(F)c4)cc3)c(C(N)=O)c2)CC1. The highest BCUT2D eigenvalue weighted by atomic mass is 19.1. The van der Waals surface area contributed by atoms with Crippen molar-refractivity contribution >= 4 is 17.7 Å². The molecule has 1 aliphatic rings. The highest BCUT2D eigenvalue weighted by Gasteiger charge is 2.27. The van der Waals surface area contributed by atoms with Crippen molar-refractivity contribution in [3.63, 3.8) is 0 Å². The summed E-state index contributed by atoms with van der Waals surface area (Å²) in [5.74, 6) is 0.278. The molecule has 1 saturated heterocycles. The van der Waals surface area contributed by atoms with E-state index in [1.54, 1.807) is 53.6 Å². The van der Waals surface area contributed by atoms with Crippen molar-refractivity contribution in [1.29, 1.82) is 0 Å². The number of carbonyl (C=O) groups is 2. The molecule has 38 heavy (non-hydrogen) atoms. The normalized spacial score (nSPS) is 14.1. The number of hydrogen-bond donors (Lipinski definition) is 2. The van der Waals surface area contributed by atoms with Crippen LogP contribution in [0.15, 0.2) is 60.8 Å². The van der Waals surface area contributed by atoms with Gasteiger partial charge in [-0.25, -0.2) is 14.2 Å². The van der Waals surface area contributed by atoms with Gasteiger partial charge < -0.3 is 30.2 Å². The fourth-order valence-electron chi connectivity index (χ4n) is 3.91. The highest BCUT2D eigenvalue weighted by Crippen LogP contribution is 2.29. The molecular weight excluding hydrogens is 491 g/mol. The van der Waals surface area contributed by atoms with Crippen LogP contribution >= 0.6 is 0 Å². The van der Waals surface area contributed by atoms with Gasteiger partial charge in [0.2, 0.25) is 5.88 Å². The maximum atomic E-state index is 13.4. The zero-order valence-corrected chi connectivity index (χ0v) is 21.6. The second-order valence-electron chi connectivity index (χ2n) is 9.96. The predicted octanol–water partition coefficient (Wildman–Crippen LogP) is 5.72. The standard InChI is InChI=1S/C28H31FN4O5/c1-28(2,3)38-27(35)33-13-11-19(12-14-33)32-20-16-24(25(30)34)26(31-17-20)37-22-9-7-21(8-10-22)36-23-6-4-5-18(29)15-23/h4-10,15-17,19,32H,11-14H2,1-3H3,(H2,30,34). The molecular formula is C28H31FN4O5. The molecule has 0 unspecified atom stereocenters. The van der Waals surface area contributed by atoms with Gasteiger partial charge in [0.25, 0.3) is 5.91 Å². The number of pyridine rings is 1. The number of nitrogens with one attached hydrogen (secondary N) is 1. The first-order valence-electron chi connectivity index (χ1n) is 12.3. The lowest BCUT2D eigenvalue weighted by molar-refractivity contribution is 0.0210. The number of rotatable bonds is 7. The summed E-state index contributed by atoms with van der Waals surface area (Å²) in [6, 6.07) is 14.1. The molecule has 2 amide bonds. The van der Waals surface area contributed by atoms with Gasteiger partial charge in [-0.15, -0.1) is 0 Å². The molecule has 0 radical (unpaired) electrons. The van der Waals surface area contributed by atoms with E-state index in [0.29, 0.717) is 48.9 Å². The molecule has 9 nitrogen and oxygen atoms in total. The number of benzene rings is 2. The summed E-state index contributed by atoms with van der Waals surface area (Å²) >= 11 is 0. The number of halogens is 1. The Kier molecular flexibility index (Phi) is 7.99. The van der Waals surface area contributed by atoms with Gasteiger partial charge in [0.15, 0.2) is 0 Å². The Labute approximate surface area is 220 Å². The Morgan fingerprint density at radius 1 is 1.00 bits per heavy atom. The van der Waals surface area contributed by atoms with Crippen molar-refractivity contribution in [2.45, 2.75) is 45.3 Å². The first-order chi connectivity index (χ1) is 18.1. The number of amides is 2. The van der Waals surface area contributed by atoms with E-state index in [-0.39, 0.29) is 23.6 Å². The fraction of sp³-hybridized carbons (Fsp3) is 0.321. The monoisotopic (exact) mass is 522 g/mol. The fourth-order valence-corrected chi connectivity index (χ4v) is 3.91. The van der Waals surface area contributed by atoms with E-state index in [2.05, 4.69) is 10.3 Å². The summed E-state index contributed by atoms with van der Waals surface area (Å²) in [7, 11) is 0. The Bertz CT molecular complexity index is 1290. The summed E-state index contributed by atoms with van der Waals surface area (Å²) in [5.41, 5.74) is 5.81. The van der Waals surface area contributed by atoms with Crippen LogP contribution in [0.4, 0.5) is 14.9 Å². The molecule has 3 aromatic rings. The minimum absolute atomic E-state index is 0.0709. The minimum Gasteiger partial charge on any atom is -0.457 e. The molecule has 2 heterocycles. The number of nitrogens with zero attached hydrogens (tertiary/aromatic N) is 2. The average molecular weight is 523 g/mol. The largest absolute Gasteiger partial charge is 0.457 e.